The second kappa shape index (κ2) is 3.34. The molecule has 0 radical (unpaired) electrons. The van der Waals surface area contributed by atoms with Crippen molar-refractivity contribution in [2.45, 2.75) is 51.6 Å². The molecule has 1 unspecified atom stereocenters. The zero-order valence-corrected chi connectivity index (χ0v) is 10.2. The molecule has 0 bridgehead atoms. The summed E-state index contributed by atoms with van der Waals surface area (Å²) in [6.45, 7) is 16.8. The van der Waals surface area contributed by atoms with E-state index >= 15 is 0 Å². The minimum Gasteiger partial charge on any atom is -0.392 e. The molecule has 0 aliphatic carbocycles. The van der Waals surface area contributed by atoms with Gasteiger partial charge in [0.25, 0.3) is 0 Å². The van der Waals surface area contributed by atoms with Crippen LogP contribution in [0.2, 0.25) is 18.1 Å². The van der Waals surface area contributed by atoms with Crippen molar-refractivity contribution >= 4 is 8.07 Å². The lowest BCUT2D eigenvalue weighted by Gasteiger charge is -2.40. The summed E-state index contributed by atoms with van der Waals surface area (Å²) in [6, 6.07) is 0. The maximum atomic E-state index is 9.95. The lowest BCUT2D eigenvalue weighted by molar-refractivity contribution is 0.272. The van der Waals surface area contributed by atoms with Crippen molar-refractivity contribution in [3.05, 3.63) is 12.2 Å². The Balaban J connectivity index is 4.73. The molecule has 0 aliphatic heterocycles. The predicted octanol–water partition coefficient (Wildman–Crippen LogP) is 2.97. The van der Waals surface area contributed by atoms with Crippen LogP contribution in [0.1, 0.15) is 27.7 Å². The second-order valence-corrected chi connectivity index (χ2v) is 10.7. The molecular weight excluding hydrogens is 164 g/mol. The summed E-state index contributed by atoms with van der Waals surface area (Å²) in [5.41, 5.74) is 0.624. The fourth-order valence-corrected chi connectivity index (χ4v) is 3.08. The first-order valence-corrected chi connectivity index (χ1v) is 7.52. The molecule has 1 nitrogen and oxygen atoms in total. The van der Waals surface area contributed by atoms with Crippen molar-refractivity contribution in [2.75, 3.05) is 0 Å². The van der Waals surface area contributed by atoms with Crippen LogP contribution in [0.15, 0.2) is 12.2 Å². The topological polar surface area (TPSA) is 20.2 Å². The number of hydrogen-bond acceptors (Lipinski definition) is 1. The van der Waals surface area contributed by atoms with Gasteiger partial charge >= 0.3 is 0 Å². The third-order valence-electron chi connectivity index (χ3n) is 3.08. The van der Waals surface area contributed by atoms with Gasteiger partial charge in [-0.05, 0) is 12.0 Å². The Morgan fingerprint density at radius 1 is 1.33 bits per heavy atom. The van der Waals surface area contributed by atoms with E-state index in [0.29, 0.717) is 0 Å². The predicted molar refractivity (Wildman–Crippen MR) is 58.0 cm³/mol. The molecule has 0 aromatic heterocycles. The lowest BCUT2D eigenvalue weighted by atomic mass is 10.2. The van der Waals surface area contributed by atoms with E-state index in [0.717, 1.165) is 5.57 Å². The third kappa shape index (κ3) is 2.20. The molecule has 0 aromatic rings. The highest BCUT2D eigenvalue weighted by Gasteiger charge is 2.41. The van der Waals surface area contributed by atoms with Gasteiger partial charge in [-0.25, -0.2) is 0 Å². The standard InChI is InChI=1S/C10H22OSi/c1-8(2)9(11)12(6,7)10(3,4)5/h9,11H,1H2,2-7H3. The molecule has 0 aliphatic rings. The van der Waals surface area contributed by atoms with Gasteiger partial charge in [0.2, 0.25) is 0 Å². The summed E-state index contributed by atoms with van der Waals surface area (Å²) >= 11 is 0. The van der Waals surface area contributed by atoms with E-state index in [2.05, 4.69) is 40.4 Å². The van der Waals surface area contributed by atoms with E-state index in [4.69, 9.17) is 0 Å². The van der Waals surface area contributed by atoms with Gasteiger partial charge in [0, 0.05) is 0 Å². The van der Waals surface area contributed by atoms with Crippen LogP contribution in [0, 0.1) is 0 Å². The Labute approximate surface area is 77.5 Å². The van der Waals surface area contributed by atoms with Crippen molar-refractivity contribution in [2.24, 2.45) is 0 Å². The van der Waals surface area contributed by atoms with Gasteiger partial charge in [-0.2, -0.15) is 0 Å². The van der Waals surface area contributed by atoms with Gasteiger partial charge < -0.3 is 5.11 Å². The monoisotopic (exact) mass is 186 g/mol. The zero-order valence-electron chi connectivity index (χ0n) is 9.23. The quantitative estimate of drug-likeness (QED) is 0.519. The highest BCUT2D eigenvalue weighted by atomic mass is 28.3. The molecule has 12 heavy (non-hydrogen) atoms. The summed E-state index contributed by atoms with van der Waals surface area (Å²) in [4.78, 5) is 0. The smallest absolute Gasteiger partial charge is 0.0917 e. The van der Waals surface area contributed by atoms with Gasteiger partial charge in [0.05, 0.1) is 13.8 Å². The zero-order chi connectivity index (χ0) is 10.2. The van der Waals surface area contributed by atoms with E-state index in [9.17, 15) is 5.11 Å². The summed E-state index contributed by atoms with van der Waals surface area (Å²) < 4.78 is 0. The molecule has 0 amide bonds. The first-order valence-electron chi connectivity index (χ1n) is 4.44. The molecule has 0 fully saturated rings. The van der Waals surface area contributed by atoms with Gasteiger partial charge in [-0.3, -0.25) is 0 Å². The van der Waals surface area contributed by atoms with Crippen LogP contribution in [-0.2, 0) is 0 Å². The van der Waals surface area contributed by atoms with E-state index in [1.165, 1.54) is 0 Å². The maximum absolute atomic E-state index is 9.95. The molecule has 1 atom stereocenters. The fraction of sp³-hybridized carbons (Fsp3) is 0.800. The SMILES string of the molecule is C=C(C)C(O)[Si](C)(C)C(C)(C)C. The molecule has 0 saturated carbocycles. The van der Waals surface area contributed by atoms with Crippen LogP contribution in [0.4, 0.5) is 0 Å². The van der Waals surface area contributed by atoms with E-state index in [1.54, 1.807) is 0 Å². The Morgan fingerprint density at radius 2 is 1.67 bits per heavy atom. The highest BCUT2D eigenvalue weighted by molar-refractivity contribution is 6.81. The Bertz CT molecular complexity index is 177. The van der Waals surface area contributed by atoms with Gasteiger partial charge in [-0.15, -0.1) is 0 Å². The molecule has 0 rings (SSSR count). The summed E-state index contributed by atoms with van der Waals surface area (Å²) in [7, 11) is -1.62. The summed E-state index contributed by atoms with van der Waals surface area (Å²) in [5.74, 6) is 0. The van der Waals surface area contributed by atoms with Gasteiger partial charge in [0.15, 0.2) is 0 Å². The van der Waals surface area contributed by atoms with Crippen LogP contribution in [0.3, 0.4) is 0 Å². The minimum atomic E-state index is -1.62. The normalized spacial score (nSPS) is 15.9. The van der Waals surface area contributed by atoms with Crippen molar-refractivity contribution in [3.8, 4) is 0 Å². The molecule has 72 valence electrons. The molecule has 0 spiro atoms. The lowest BCUT2D eigenvalue weighted by Crippen LogP contribution is -2.49. The molecule has 2 heteroatoms. The average Bonchev–Trinajstić information content (AvgIpc) is 1.83. The fourth-order valence-electron chi connectivity index (χ4n) is 1.03. The second-order valence-electron chi connectivity index (χ2n) is 5.22. The van der Waals surface area contributed by atoms with E-state index in [-0.39, 0.29) is 10.8 Å². The van der Waals surface area contributed by atoms with Gasteiger partial charge in [0.1, 0.15) is 0 Å². The number of hydrogen-bond donors (Lipinski definition) is 1. The third-order valence-corrected chi connectivity index (χ3v) is 8.81. The Hall–Kier alpha value is -0.0831. The van der Waals surface area contributed by atoms with Crippen LogP contribution < -0.4 is 0 Å². The summed E-state index contributed by atoms with van der Waals surface area (Å²) in [5, 5.41) is 10.2. The molecular formula is C10H22OSi. The maximum Gasteiger partial charge on any atom is 0.0917 e. The van der Waals surface area contributed by atoms with Gasteiger partial charge in [-0.1, -0.05) is 46.0 Å². The van der Waals surface area contributed by atoms with Crippen LogP contribution in [0.5, 0.6) is 0 Å². The van der Waals surface area contributed by atoms with Crippen molar-refractivity contribution < 1.29 is 5.11 Å². The largest absolute Gasteiger partial charge is 0.392 e. The number of rotatable bonds is 2. The first-order chi connectivity index (χ1) is 5.10. The van der Waals surface area contributed by atoms with Crippen molar-refractivity contribution in [1.82, 2.24) is 0 Å². The average molecular weight is 186 g/mol. The minimum absolute atomic E-state index is 0.228. The molecule has 0 aromatic carbocycles. The van der Waals surface area contributed by atoms with Crippen LogP contribution in [-0.4, -0.2) is 18.9 Å². The van der Waals surface area contributed by atoms with Crippen molar-refractivity contribution in [3.63, 3.8) is 0 Å². The summed E-state index contributed by atoms with van der Waals surface area (Å²) in [6.07, 6.45) is 0. The first kappa shape index (κ1) is 11.9. The highest BCUT2D eigenvalue weighted by Crippen LogP contribution is 2.39. The molecule has 0 heterocycles. The van der Waals surface area contributed by atoms with E-state index < -0.39 is 8.07 Å². The molecule has 1 N–H and O–H groups in total. The van der Waals surface area contributed by atoms with Crippen LogP contribution in [0.25, 0.3) is 0 Å². The Kier molecular flexibility index (Phi) is 3.32. The van der Waals surface area contributed by atoms with Crippen LogP contribution >= 0.6 is 0 Å². The molecule has 0 saturated heterocycles. The Morgan fingerprint density at radius 3 is 1.75 bits per heavy atom. The number of aliphatic hydroxyl groups is 1. The number of aliphatic hydroxyl groups excluding tert-OH is 1. The van der Waals surface area contributed by atoms with Crippen molar-refractivity contribution in [1.29, 1.82) is 0 Å². The van der Waals surface area contributed by atoms with E-state index in [1.807, 2.05) is 6.92 Å².